The van der Waals surface area contributed by atoms with E-state index >= 15 is 0 Å². The Bertz CT molecular complexity index is 617. The second-order valence-corrected chi connectivity index (χ2v) is 4.62. The standard InChI is InChI=1S/C13H10Cl2N2O2/c14-10-5-4-8(6-11(10)15)16-7-9-2-1-3-12(17-9)13(18)19/h1-6,16H,7H2,(H,18,19). The third-order valence-corrected chi connectivity index (χ3v) is 3.16. The van der Waals surface area contributed by atoms with E-state index < -0.39 is 5.97 Å². The first kappa shape index (κ1) is 13.6. The molecule has 4 nitrogen and oxygen atoms in total. The van der Waals surface area contributed by atoms with Gasteiger partial charge in [-0.2, -0.15) is 0 Å². The fourth-order valence-electron chi connectivity index (χ4n) is 1.50. The normalized spacial score (nSPS) is 10.2. The van der Waals surface area contributed by atoms with Gasteiger partial charge in [-0.05, 0) is 30.3 Å². The number of carbonyl (C=O) groups is 1. The molecular weight excluding hydrogens is 287 g/mol. The zero-order valence-electron chi connectivity index (χ0n) is 9.73. The molecule has 0 spiro atoms. The van der Waals surface area contributed by atoms with Gasteiger partial charge in [0.2, 0.25) is 0 Å². The maximum Gasteiger partial charge on any atom is 0.354 e. The number of hydrogen-bond donors (Lipinski definition) is 2. The molecule has 98 valence electrons. The summed E-state index contributed by atoms with van der Waals surface area (Å²) in [6, 6.07) is 10.0. The Morgan fingerprint density at radius 1 is 1.21 bits per heavy atom. The minimum absolute atomic E-state index is 0.0217. The molecule has 0 bridgehead atoms. The van der Waals surface area contributed by atoms with Crippen molar-refractivity contribution in [3.05, 3.63) is 57.8 Å². The van der Waals surface area contributed by atoms with Crippen LogP contribution in [0.5, 0.6) is 0 Å². The summed E-state index contributed by atoms with van der Waals surface area (Å²) < 4.78 is 0. The summed E-state index contributed by atoms with van der Waals surface area (Å²) in [6.45, 7) is 0.402. The summed E-state index contributed by atoms with van der Waals surface area (Å²) >= 11 is 11.7. The lowest BCUT2D eigenvalue weighted by Gasteiger charge is -2.07. The number of anilines is 1. The molecule has 2 rings (SSSR count). The fourth-order valence-corrected chi connectivity index (χ4v) is 1.79. The summed E-state index contributed by atoms with van der Waals surface area (Å²) in [7, 11) is 0. The number of nitrogens with one attached hydrogen (secondary N) is 1. The molecular formula is C13H10Cl2N2O2. The average molecular weight is 297 g/mol. The van der Waals surface area contributed by atoms with Crippen LogP contribution in [0.1, 0.15) is 16.2 Å². The van der Waals surface area contributed by atoms with Gasteiger partial charge in [-0.25, -0.2) is 9.78 Å². The zero-order chi connectivity index (χ0) is 13.8. The van der Waals surface area contributed by atoms with Crippen LogP contribution in [-0.2, 0) is 6.54 Å². The van der Waals surface area contributed by atoms with Crippen LogP contribution in [0.4, 0.5) is 5.69 Å². The van der Waals surface area contributed by atoms with E-state index in [9.17, 15) is 4.79 Å². The second-order valence-electron chi connectivity index (χ2n) is 3.80. The topological polar surface area (TPSA) is 62.2 Å². The van der Waals surface area contributed by atoms with E-state index in [0.29, 0.717) is 22.3 Å². The van der Waals surface area contributed by atoms with Crippen molar-refractivity contribution >= 4 is 34.9 Å². The number of pyridine rings is 1. The molecule has 0 fully saturated rings. The SMILES string of the molecule is O=C(O)c1cccc(CNc2ccc(Cl)c(Cl)c2)n1. The van der Waals surface area contributed by atoms with Crippen LogP contribution in [0.3, 0.4) is 0 Å². The first-order valence-corrected chi connectivity index (χ1v) is 6.20. The van der Waals surface area contributed by atoms with Gasteiger partial charge in [0.1, 0.15) is 5.69 Å². The number of hydrogen-bond acceptors (Lipinski definition) is 3. The van der Waals surface area contributed by atoms with Gasteiger partial charge >= 0.3 is 5.97 Å². The van der Waals surface area contributed by atoms with Crippen molar-refractivity contribution in [1.82, 2.24) is 4.98 Å². The minimum atomic E-state index is -1.05. The van der Waals surface area contributed by atoms with Crippen LogP contribution >= 0.6 is 23.2 Å². The van der Waals surface area contributed by atoms with Crippen LogP contribution in [0, 0.1) is 0 Å². The minimum Gasteiger partial charge on any atom is -0.477 e. The van der Waals surface area contributed by atoms with Crippen molar-refractivity contribution in [2.75, 3.05) is 5.32 Å². The Labute approximate surface area is 120 Å². The predicted molar refractivity (Wildman–Crippen MR) is 75.0 cm³/mol. The Hall–Kier alpha value is -1.78. The lowest BCUT2D eigenvalue weighted by Crippen LogP contribution is -2.06. The predicted octanol–water partition coefficient (Wildman–Crippen LogP) is 3.70. The Morgan fingerprint density at radius 3 is 2.68 bits per heavy atom. The molecule has 19 heavy (non-hydrogen) atoms. The number of aromatic carboxylic acids is 1. The molecule has 0 atom stereocenters. The summed E-state index contributed by atoms with van der Waals surface area (Å²) in [5, 5.41) is 12.9. The number of aromatic nitrogens is 1. The van der Waals surface area contributed by atoms with Crippen LogP contribution in [0.15, 0.2) is 36.4 Å². The quantitative estimate of drug-likeness (QED) is 0.903. The van der Waals surface area contributed by atoms with E-state index in [4.69, 9.17) is 28.3 Å². The van der Waals surface area contributed by atoms with Crippen molar-refractivity contribution in [2.45, 2.75) is 6.54 Å². The number of halogens is 2. The van der Waals surface area contributed by atoms with Gasteiger partial charge in [0.15, 0.2) is 0 Å². The molecule has 2 N–H and O–H groups in total. The van der Waals surface area contributed by atoms with Gasteiger partial charge in [-0.1, -0.05) is 29.3 Å². The highest BCUT2D eigenvalue weighted by atomic mass is 35.5. The van der Waals surface area contributed by atoms with Gasteiger partial charge in [0.25, 0.3) is 0 Å². The molecule has 6 heteroatoms. The van der Waals surface area contributed by atoms with Gasteiger partial charge in [-0.3, -0.25) is 0 Å². The molecule has 0 unspecified atom stereocenters. The van der Waals surface area contributed by atoms with Crippen LogP contribution in [0.25, 0.3) is 0 Å². The van der Waals surface area contributed by atoms with E-state index in [0.717, 1.165) is 5.69 Å². The highest BCUT2D eigenvalue weighted by molar-refractivity contribution is 6.42. The van der Waals surface area contributed by atoms with Gasteiger partial charge in [-0.15, -0.1) is 0 Å². The van der Waals surface area contributed by atoms with E-state index in [-0.39, 0.29) is 5.69 Å². The van der Waals surface area contributed by atoms with Crippen molar-refractivity contribution in [3.63, 3.8) is 0 Å². The second kappa shape index (κ2) is 5.91. The van der Waals surface area contributed by atoms with Crippen molar-refractivity contribution < 1.29 is 9.90 Å². The third-order valence-electron chi connectivity index (χ3n) is 2.42. The smallest absolute Gasteiger partial charge is 0.354 e. The first-order valence-electron chi connectivity index (χ1n) is 5.44. The van der Waals surface area contributed by atoms with Crippen molar-refractivity contribution in [3.8, 4) is 0 Å². The molecule has 0 saturated carbocycles. The average Bonchev–Trinajstić information content (AvgIpc) is 2.40. The van der Waals surface area contributed by atoms with E-state index in [2.05, 4.69) is 10.3 Å². The van der Waals surface area contributed by atoms with Crippen LogP contribution in [-0.4, -0.2) is 16.1 Å². The molecule has 1 heterocycles. The van der Waals surface area contributed by atoms with Gasteiger partial charge in [0, 0.05) is 5.69 Å². The Kier molecular flexibility index (Phi) is 4.24. The highest BCUT2D eigenvalue weighted by Crippen LogP contribution is 2.25. The number of carboxylic acids is 1. The number of carboxylic acid groups (broad SMARTS) is 1. The molecule has 0 aliphatic rings. The molecule has 0 aliphatic carbocycles. The number of benzene rings is 1. The maximum atomic E-state index is 10.8. The lowest BCUT2D eigenvalue weighted by atomic mass is 10.2. The number of rotatable bonds is 4. The molecule has 0 saturated heterocycles. The molecule has 2 aromatic rings. The number of nitrogens with zero attached hydrogens (tertiary/aromatic N) is 1. The molecule has 1 aromatic heterocycles. The zero-order valence-corrected chi connectivity index (χ0v) is 11.2. The van der Waals surface area contributed by atoms with Crippen molar-refractivity contribution in [2.24, 2.45) is 0 Å². The van der Waals surface area contributed by atoms with E-state index in [1.807, 2.05) is 0 Å². The maximum absolute atomic E-state index is 10.8. The molecule has 1 aromatic carbocycles. The van der Waals surface area contributed by atoms with Gasteiger partial charge in [0.05, 0.1) is 22.3 Å². The first-order chi connectivity index (χ1) is 9.06. The van der Waals surface area contributed by atoms with Crippen LogP contribution in [0.2, 0.25) is 10.0 Å². The molecule has 0 amide bonds. The van der Waals surface area contributed by atoms with E-state index in [1.54, 1.807) is 30.3 Å². The summed E-state index contributed by atoms with van der Waals surface area (Å²) in [4.78, 5) is 14.8. The Balaban J connectivity index is 2.07. The Morgan fingerprint density at radius 2 is 2.00 bits per heavy atom. The lowest BCUT2D eigenvalue weighted by molar-refractivity contribution is 0.0690. The molecule has 0 aliphatic heterocycles. The fraction of sp³-hybridized carbons (Fsp3) is 0.0769. The third kappa shape index (κ3) is 3.59. The summed E-state index contributed by atoms with van der Waals surface area (Å²) in [5.74, 6) is -1.05. The van der Waals surface area contributed by atoms with Crippen LogP contribution < -0.4 is 5.32 Å². The largest absolute Gasteiger partial charge is 0.477 e. The highest BCUT2D eigenvalue weighted by Gasteiger charge is 2.05. The van der Waals surface area contributed by atoms with Gasteiger partial charge < -0.3 is 10.4 Å². The summed E-state index contributed by atoms with van der Waals surface area (Å²) in [6.07, 6.45) is 0. The van der Waals surface area contributed by atoms with E-state index in [1.165, 1.54) is 6.07 Å². The monoisotopic (exact) mass is 296 g/mol. The van der Waals surface area contributed by atoms with Crippen molar-refractivity contribution in [1.29, 1.82) is 0 Å². The molecule has 0 radical (unpaired) electrons. The summed E-state index contributed by atoms with van der Waals surface area (Å²) in [5.41, 5.74) is 1.44.